The van der Waals surface area contributed by atoms with Gasteiger partial charge in [-0.2, -0.15) is 0 Å². The lowest BCUT2D eigenvalue weighted by Gasteiger charge is -2.27. The largest absolute Gasteiger partial charge is 0.339 e. The summed E-state index contributed by atoms with van der Waals surface area (Å²) in [5.74, 6) is 0.278. The van der Waals surface area contributed by atoms with Crippen molar-refractivity contribution < 1.29 is 9.59 Å². The maximum Gasteiger partial charge on any atom is 0.228 e. The molecule has 3 fully saturated rings. The third-order valence-corrected chi connectivity index (χ3v) is 6.31. The number of carbonyl (C=O) groups excluding carboxylic acids is 2. The van der Waals surface area contributed by atoms with Crippen LogP contribution in [0.1, 0.15) is 49.8 Å². The number of nitrogens with zero attached hydrogens (tertiary/aromatic N) is 2. The molecule has 2 saturated carbocycles. The molecule has 4 rings (SSSR count). The number of carbonyl (C=O) groups is 2. The van der Waals surface area contributed by atoms with Gasteiger partial charge in [0.05, 0.1) is 12.5 Å². The van der Waals surface area contributed by atoms with Crippen LogP contribution in [0.2, 0.25) is 0 Å². The molecule has 23 heavy (non-hydrogen) atoms. The normalized spacial score (nSPS) is 25.3. The van der Waals surface area contributed by atoms with Gasteiger partial charge in [-0.15, -0.1) is 11.3 Å². The van der Waals surface area contributed by atoms with Crippen LogP contribution in [0.5, 0.6) is 0 Å². The Morgan fingerprint density at radius 2 is 2.04 bits per heavy atom. The van der Waals surface area contributed by atoms with Gasteiger partial charge in [0, 0.05) is 29.9 Å². The molecule has 0 radical (unpaired) electrons. The second-order valence-electron chi connectivity index (χ2n) is 7.16. The van der Waals surface area contributed by atoms with Crippen LogP contribution in [0, 0.1) is 5.92 Å². The minimum Gasteiger partial charge on any atom is -0.339 e. The van der Waals surface area contributed by atoms with Crippen LogP contribution in [0.25, 0.3) is 0 Å². The fraction of sp³-hybridized carbons (Fsp3) is 0.667. The van der Waals surface area contributed by atoms with E-state index in [9.17, 15) is 9.59 Å². The third kappa shape index (κ3) is 3.16. The summed E-state index contributed by atoms with van der Waals surface area (Å²) in [7, 11) is 0. The minimum absolute atomic E-state index is 0.122. The molecular weight excluding hydrogens is 308 g/mol. The lowest BCUT2D eigenvalue weighted by molar-refractivity contribution is -0.137. The van der Waals surface area contributed by atoms with Crippen molar-refractivity contribution >= 4 is 23.2 Å². The molecule has 2 amide bonds. The Kier molecular flexibility index (Phi) is 4.14. The van der Waals surface area contributed by atoms with Crippen molar-refractivity contribution in [2.24, 2.45) is 5.92 Å². The first-order chi connectivity index (χ1) is 11.2. The first-order valence-electron chi connectivity index (χ1n) is 8.84. The smallest absolute Gasteiger partial charge is 0.228 e. The number of thiophene rings is 1. The zero-order valence-corrected chi connectivity index (χ0v) is 14.3. The van der Waals surface area contributed by atoms with E-state index in [1.807, 2.05) is 15.9 Å². The molecular formula is C18H24N2O2S. The number of rotatable bonds is 5. The SMILES string of the molecule is O=C1CC(C(=O)N(Cc2cccs2)C2CC2)CN1C1CCCC1. The molecule has 1 aliphatic heterocycles. The van der Waals surface area contributed by atoms with E-state index in [0.717, 1.165) is 32.2 Å². The summed E-state index contributed by atoms with van der Waals surface area (Å²) in [5, 5.41) is 2.06. The van der Waals surface area contributed by atoms with Crippen LogP contribution < -0.4 is 0 Å². The fourth-order valence-electron chi connectivity index (χ4n) is 4.04. The van der Waals surface area contributed by atoms with E-state index in [-0.39, 0.29) is 17.7 Å². The molecule has 0 aromatic carbocycles. The molecule has 0 bridgehead atoms. The predicted molar refractivity (Wildman–Crippen MR) is 90.0 cm³/mol. The summed E-state index contributed by atoms with van der Waals surface area (Å²) >= 11 is 1.71. The summed E-state index contributed by atoms with van der Waals surface area (Å²) in [6.45, 7) is 1.37. The number of hydrogen-bond donors (Lipinski definition) is 0. The van der Waals surface area contributed by atoms with Gasteiger partial charge in [0.1, 0.15) is 0 Å². The lowest BCUT2D eigenvalue weighted by atomic mass is 10.1. The molecule has 0 spiro atoms. The third-order valence-electron chi connectivity index (χ3n) is 5.45. The second kappa shape index (κ2) is 6.27. The standard InChI is InChI=1S/C18H24N2O2S/c21-17-10-13(11-19(17)14-4-1-2-5-14)18(22)20(15-7-8-15)12-16-6-3-9-23-16/h3,6,9,13-15H,1-2,4-5,7-8,10-12H2. The lowest BCUT2D eigenvalue weighted by Crippen LogP contribution is -2.39. The summed E-state index contributed by atoms with van der Waals surface area (Å²) in [4.78, 5) is 30.7. The average Bonchev–Trinajstić information content (AvgIpc) is 2.99. The second-order valence-corrected chi connectivity index (χ2v) is 8.19. The van der Waals surface area contributed by atoms with Gasteiger partial charge in [0.25, 0.3) is 0 Å². The minimum atomic E-state index is -0.122. The number of amides is 2. The van der Waals surface area contributed by atoms with Crippen molar-refractivity contribution in [1.82, 2.24) is 9.80 Å². The van der Waals surface area contributed by atoms with Crippen molar-refractivity contribution in [3.05, 3.63) is 22.4 Å². The van der Waals surface area contributed by atoms with E-state index >= 15 is 0 Å². The van der Waals surface area contributed by atoms with Crippen molar-refractivity contribution in [3.63, 3.8) is 0 Å². The van der Waals surface area contributed by atoms with Crippen LogP contribution in [0.4, 0.5) is 0 Å². The van der Waals surface area contributed by atoms with E-state index < -0.39 is 0 Å². The predicted octanol–water partition coefficient (Wildman–Crippen LogP) is 3.03. The molecule has 5 heteroatoms. The highest BCUT2D eigenvalue weighted by Crippen LogP contribution is 2.34. The van der Waals surface area contributed by atoms with Gasteiger partial charge in [-0.05, 0) is 37.1 Å². The molecule has 3 aliphatic rings. The molecule has 124 valence electrons. The van der Waals surface area contributed by atoms with Crippen LogP contribution in [0.15, 0.2) is 17.5 Å². The molecule has 1 unspecified atom stereocenters. The van der Waals surface area contributed by atoms with E-state index in [1.165, 1.54) is 17.7 Å². The Morgan fingerprint density at radius 3 is 2.70 bits per heavy atom. The summed E-state index contributed by atoms with van der Waals surface area (Å²) in [6.07, 6.45) is 7.33. The number of hydrogen-bond acceptors (Lipinski definition) is 3. The van der Waals surface area contributed by atoms with E-state index in [2.05, 4.69) is 11.4 Å². The number of likely N-dealkylation sites (tertiary alicyclic amines) is 1. The van der Waals surface area contributed by atoms with Gasteiger partial charge in [-0.3, -0.25) is 9.59 Å². The van der Waals surface area contributed by atoms with Crippen molar-refractivity contribution in [2.45, 2.75) is 63.6 Å². The highest BCUT2D eigenvalue weighted by atomic mass is 32.1. The van der Waals surface area contributed by atoms with Gasteiger partial charge in [-0.25, -0.2) is 0 Å². The van der Waals surface area contributed by atoms with Gasteiger partial charge < -0.3 is 9.80 Å². The zero-order chi connectivity index (χ0) is 15.8. The Balaban J connectivity index is 1.43. The van der Waals surface area contributed by atoms with Gasteiger partial charge in [0.15, 0.2) is 0 Å². The molecule has 2 aliphatic carbocycles. The Labute approximate surface area is 141 Å². The van der Waals surface area contributed by atoms with E-state index in [1.54, 1.807) is 11.3 Å². The zero-order valence-electron chi connectivity index (χ0n) is 13.4. The van der Waals surface area contributed by atoms with E-state index in [4.69, 9.17) is 0 Å². The van der Waals surface area contributed by atoms with Crippen LogP contribution >= 0.6 is 11.3 Å². The van der Waals surface area contributed by atoms with Crippen molar-refractivity contribution in [2.75, 3.05) is 6.54 Å². The molecule has 0 N–H and O–H groups in total. The molecule has 1 aromatic heterocycles. The van der Waals surface area contributed by atoms with Gasteiger partial charge in [0.2, 0.25) is 11.8 Å². The topological polar surface area (TPSA) is 40.6 Å². The molecule has 1 saturated heterocycles. The monoisotopic (exact) mass is 332 g/mol. The summed E-state index contributed by atoms with van der Waals surface area (Å²) in [5.41, 5.74) is 0. The Bertz CT molecular complexity index is 576. The molecule has 1 aromatic rings. The van der Waals surface area contributed by atoms with Crippen LogP contribution in [0.3, 0.4) is 0 Å². The van der Waals surface area contributed by atoms with E-state index in [0.29, 0.717) is 25.0 Å². The quantitative estimate of drug-likeness (QED) is 0.831. The first-order valence-corrected chi connectivity index (χ1v) is 9.72. The fourth-order valence-corrected chi connectivity index (χ4v) is 4.75. The Morgan fingerprint density at radius 1 is 1.26 bits per heavy atom. The Hall–Kier alpha value is -1.36. The van der Waals surface area contributed by atoms with Crippen LogP contribution in [-0.4, -0.2) is 40.2 Å². The van der Waals surface area contributed by atoms with Crippen molar-refractivity contribution in [1.29, 1.82) is 0 Å². The highest BCUT2D eigenvalue weighted by molar-refractivity contribution is 7.09. The molecule has 2 heterocycles. The molecule has 1 atom stereocenters. The maximum absolute atomic E-state index is 13.0. The van der Waals surface area contributed by atoms with Crippen LogP contribution in [-0.2, 0) is 16.1 Å². The van der Waals surface area contributed by atoms with Gasteiger partial charge >= 0.3 is 0 Å². The van der Waals surface area contributed by atoms with Crippen molar-refractivity contribution in [3.8, 4) is 0 Å². The summed E-state index contributed by atoms with van der Waals surface area (Å²) < 4.78 is 0. The maximum atomic E-state index is 13.0. The average molecular weight is 332 g/mol. The highest BCUT2D eigenvalue weighted by Gasteiger charge is 2.43. The summed E-state index contributed by atoms with van der Waals surface area (Å²) in [6, 6.07) is 4.93. The van der Waals surface area contributed by atoms with Gasteiger partial charge in [-0.1, -0.05) is 18.9 Å². The first kappa shape index (κ1) is 15.2. The molecule has 4 nitrogen and oxygen atoms in total.